The summed E-state index contributed by atoms with van der Waals surface area (Å²) in [7, 11) is 1.26. The number of hydrogen-bond donors (Lipinski definition) is 0. The summed E-state index contributed by atoms with van der Waals surface area (Å²) in [5.41, 5.74) is -1.02. The van der Waals surface area contributed by atoms with Gasteiger partial charge in [0.15, 0.2) is 0 Å². The predicted octanol–water partition coefficient (Wildman–Crippen LogP) is 4.96. The fraction of sp³-hybridized carbons (Fsp3) is 0.174. The molecule has 5 nitrogen and oxygen atoms in total. The van der Waals surface area contributed by atoms with Gasteiger partial charge < -0.3 is 9.30 Å². The molecular weight excluding hydrogens is 604 g/mol. The van der Waals surface area contributed by atoms with Crippen LogP contribution < -0.4 is 5.56 Å². The van der Waals surface area contributed by atoms with Crippen molar-refractivity contribution < 1.29 is 64.4 Å². The number of ketones is 1. The Kier molecular flexibility index (Phi) is 9.74. The summed E-state index contributed by atoms with van der Waals surface area (Å²) in [5, 5.41) is -0.663. The average molecular weight is 620 g/mol. The van der Waals surface area contributed by atoms with Gasteiger partial charge in [-0.2, -0.15) is 30.3 Å². The molecule has 33 heavy (non-hydrogen) atoms. The first-order valence-corrected chi connectivity index (χ1v) is 10.1. The third-order valence-electron chi connectivity index (χ3n) is 4.77. The van der Waals surface area contributed by atoms with Gasteiger partial charge in [0, 0.05) is 47.8 Å². The Bertz CT molecular complexity index is 1220. The van der Waals surface area contributed by atoms with Crippen molar-refractivity contribution in [1.29, 1.82) is 0 Å². The molecule has 0 amide bonds. The minimum atomic E-state index is -3.94. The van der Waals surface area contributed by atoms with Gasteiger partial charge in [0.2, 0.25) is 5.78 Å². The Balaban J connectivity index is 0.00000385. The van der Waals surface area contributed by atoms with E-state index in [1.54, 1.807) is 12.1 Å². The molecule has 0 bridgehead atoms. The molecule has 1 radical (unpaired) electrons. The van der Waals surface area contributed by atoms with Crippen LogP contribution in [0.15, 0.2) is 59.4 Å². The second kappa shape index (κ2) is 11.6. The number of rotatable bonds is 7. The molecule has 1 aromatic heterocycles. The van der Waals surface area contributed by atoms with Crippen LogP contribution in [-0.2, 0) is 23.6 Å². The Morgan fingerprint density at radius 1 is 1.12 bits per heavy atom. The first-order valence-electron chi connectivity index (χ1n) is 9.32. The standard InChI is InChI=1S/C23H16Cl2F2NO4.Pr/c1-32-22(31)15-9-7-14(8-10-15)11-12-28-19(17(24)13-18(25)21(28)30)20(29)23(26,27)16-5-3-2-4-6-16;/h2-3,5-10,13H,11-12H2,1H3;/q-1;. The van der Waals surface area contributed by atoms with E-state index >= 15 is 0 Å². The molecule has 0 aliphatic carbocycles. The van der Waals surface area contributed by atoms with Gasteiger partial charge in [0.05, 0.1) is 17.7 Å². The minimum absolute atomic E-state index is 0. The van der Waals surface area contributed by atoms with E-state index in [0.717, 1.165) is 22.8 Å². The Morgan fingerprint density at radius 2 is 1.79 bits per heavy atom. The van der Waals surface area contributed by atoms with Crippen LogP contribution in [0.1, 0.15) is 32.0 Å². The van der Waals surface area contributed by atoms with Crippen LogP contribution >= 0.6 is 23.2 Å². The smallest absolute Gasteiger partial charge is 0.337 e. The maximum Gasteiger partial charge on any atom is 0.337 e. The molecule has 0 N–H and O–H groups in total. The van der Waals surface area contributed by atoms with Crippen molar-refractivity contribution in [3.8, 4) is 0 Å². The number of aromatic nitrogens is 1. The molecule has 0 spiro atoms. The van der Waals surface area contributed by atoms with Gasteiger partial charge in [-0.3, -0.25) is 9.59 Å². The fourth-order valence-corrected chi connectivity index (χ4v) is 3.64. The summed E-state index contributed by atoms with van der Waals surface area (Å²) in [6, 6.07) is 14.6. The van der Waals surface area contributed by atoms with Gasteiger partial charge in [-0.05, 0) is 30.2 Å². The van der Waals surface area contributed by atoms with Crippen LogP contribution in [-0.4, -0.2) is 23.4 Å². The van der Waals surface area contributed by atoms with Crippen molar-refractivity contribution in [1.82, 2.24) is 4.57 Å². The molecule has 0 fully saturated rings. The van der Waals surface area contributed by atoms with Gasteiger partial charge in [0.25, 0.3) is 11.5 Å². The maximum atomic E-state index is 14.9. The molecule has 3 aromatic rings. The predicted molar refractivity (Wildman–Crippen MR) is 116 cm³/mol. The number of pyridine rings is 1. The van der Waals surface area contributed by atoms with E-state index in [1.807, 2.05) is 0 Å². The van der Waals surface area contributed by atoms with Gasteiger partial charge in [-0.15, -0.1) is 0 Å². The molecule has 2 aromatic carbocycles. The number of halogens is 4. The summed E-state index contributed by atoms with van der Waals surface area (Å²) in [6.45, 7) is -0.144. The third kappa shape index (κ3) is 6.07. The largest absolute Gasteiger partial charge is 0.465 e. The Hall–Kier alpha value is -1.67. The van der Waals surface area contributed by atoms with Crippen LogP contribution in [0.5, 0.6) is 0 Å². The van der Waals surface area contributed by atoms with Crippen molar-refractivity contribution in [2.24, 2.45) is 0 Å². The number of nitrogens with zero attached hydrogens (tertiary/aromatic N) is 1. The van der Waals surface area contributed by atoms with Gasteiger partial charge >= 0.3 is 5.97 Å². The topological polar surface area (TPSA) is 65.4 Å². The van der Waals surface area contributed by atoms with Crippen LogP contribution in [0.3, 0.4) is 0 Å². The first kappa shape index (κ1) is 27.6. The second-order valence-corrected chi connectivity index (χ2v) is 7.59. The number of Topliss-reactive ketones (excluding diaryl/α,β-unsaturated/α-hetero) is 1. The van der Waals surface area contributed by atoms with Crippen LogP contribution in [0.4, 0.5) is 8.78 Å². The van der Waals surface area contributed by atoms with Crippen molar-refractivity contribution in [3.05, 3.63) is 103 Å². The molecule has 0 atom stereocenters. The van der Waals surface area contributed by atoms with Crippen molar-refractivity contribution in [2.75, 3.05) is 7.11 Å². The van der Waals surface area contributed by atoms with E-state index in [9.17, 15) is 23.2 Å². The summed E-state index contributed by atoms with van der Waals surface area (Å²) in [5.74, 6) is -6.08. The average Bonchev–Trinajstić information content (AvgIpc) is 2.80. The number of esters is 1. The molecule has 0 saturated heterocycles. The maximum absolute atomic E-state index is 14.9. The van der Waals surface area contributed by atoms with Crippen molar-refractivity contribution in [2.45, 2.75) is 18.9 Å². The molecule has 0 aliphatic rings. The van der Waals surface area contributed by atoms with E-state index < -0.39 is 34.5 Å². The van der Waals surface area contributed by atoms with Crippen molar-refractivity contribution in [3.63, 3.8) is 0 Å². The molecule has 10 heteroatoms. The third-order valence-corrected chi connectivity index (χ3v) is 5.33. The van der Waals surface area contributed by atoms with Crippen LogP contribution in [0, 0.1) is 47.4 Å². The quantitative estimate of drug-likeness (QED) is 0.213. The molecular formula is C23H16Cl2F2NO4Pr-. The summed E-state index contributed by atoms with van der Waals surface area (Å²) in [4.78, 5) is 37.0. The minimum Gasteiger partial charge on any atom is -0.465 e. The number of carbonyl (C=O) groups excluding carboxylic acids is 2. The van der Waals surface area contributed by atoms with Gasteiger partial charge in [0.1, 0.15) is 10.7 Å². The summed E-state index contributed by atoms with van der Waals surface area (Å²) < 4.78 is 35.3. The zero-order chi connectivity index (χ0) is 23.5. The van der Waals surface area contributed by atoms with E-state index in [0.29, 0.717) is 11.1 Å². The zero-order valence-corrected chi connectivity index (χ0v) is 22.5. The summed E-state index contributed by atoms with van der Waals surface area (Å²) >= 11 is 12.0. The van der Waals surface area contributed by atoms with Crippen LogP contribution in [0.25, 0.3) is 0 Å². The molecule has 0 saturated carbocycles. The van der Waals surface area contributed by atoms with E-state index in [1.165, 1.54) is 31.4 Å². The number of carbonyl (C=O) groups is 2. The van der Waals surface area contributed by atoms with Crippen molar-refractivity contribution >= 4 is 35.0 Å². The number of aryl methyl sites for hydroxylation is 1. The van der Waals surface area contributed by atoms with E-state index in [-0.39, 0.29) is 64.3 Å². The molecule has 1 heterocycles. The monoisotopic (exact) mass is 619 g/mol. The first-order chi connectivity index (χ1) is 15.2. The van der Waals surface area contributed by atoms with Crippen LogP contribution in [0.2, 0.25) is 10.0 Å². The van der Waals surface area contributed by atoms with E-state index in [4.69, 9.17) is 23.2 Å². The Morgan fingerprint density at radius 3 is 2.36 bits per heavy atom. The van der Waals surface area contributed by atoms with Gasteiger partial charge in [-0.1, -0.05) is 40.9 Å². The molecule has 0 aliphatic heterocycles. The molecule has 169 valence electrons. The normalized spacial score (nSPS) is 10.9. The number of alkyl halides is 2. The number of benzene rings is 2. The molecule has 0 unspecified atom stereocenters. The fourth-order valence-electron chi connectivity index (χ4n) is 3.08. The SMILES string of the molecule is COC(=O)c1ccc(CCn2c(C(=O)C(F)(F)c3c[c-]ccc3)c(Cl)cc(Cl)c2=O)cc1.[Pr]. The summed E-state index contributed by atoms with van der Waals surface area (Å²) in [6.07, 6.45) is 0.184. The number of methoxy groups -OCH3 is 1. The Labute approximate surface area is 231 Å². The number of hydrogen-bond acceptors (Lipinski definition) is 4. The zero-order valence-electron chi connectivity index (χ0n) is 17.3. The molecule has 3 rings (SSSR count). The van der Waals surface area contributed by atoms with Gasteiger partial charge in [-0.25, -0.2) is 13.6 Å². The number of ether oxygens (including phenoxy) is 1. The van der Waals surface area contributed by atoms with E-state index in [2.05, 4.69) is 10.8 Å². The second-order valence-electron chi connectivity index (χ2n) is 6.78.